The molecule has 0 heterocycles. The number of benzene rings is 2. The zero-order valence-electron chi connectivity index (χ0n) is 19.6. The van der Waals surface area contributed by atoms with Crippen molar-refractivity contribution in [3.8, 4) is 0 Å². The van der Waals surface area contributed by atoms with Crippen LogP contribution in [0.2, 0.25) is 0 Å². The van der Waals surface area contributed by atoms with E-state index in [1.807, 2.05) is 42.5 Å². The molecule has 2 aromatic carbocycles. The van der Waals surface area contributed by atoms with Gasteiger partial charge in [0.15, 0.2) is 0 Å². The number of hydrogen-bond acceptors (Lipinski definition) is 6. The fourth-order valence-corrected chi connectivity index (χ4v) is 3.50. The van der Waals surface area contributed by atoms with E-state index in [9.17, 15) is 0 Å². The van der Waals surface area contributed by atoms with Crippen molar-refractivity contribution in [3.05, 3.63) is 84.7 Å². The van der Waals surface area contributed by atoms with Crippen molar-refractivity contribution in [2.45, 2.75) is 25.8 Å². The fraction of sp³-hybridized carbons (Fsp3) is 0.407. The van der Waals surface area contributed by atoms with E-state index < -0.39 is 0 Å². The van der Waals surface area contributed by atoms with Crippen LogP contribution in [0, 0.1) is 12.8 Å². The third-order valence-corrected chi connectivity index (χ3v) is 5.40. The maximum atomic E-state index is 4.29. The van der Waals surface area contributed by atoms with Gasteiger partial charge >= 0.3 is 0 Å². The minimum Gasteiger partial charge on any atom is -0.315 e. The highest BCUT2D eigenvalue weighted by molar-refractivity contribution is 5.40. The normalized spacial score (nSPS) is 13.6. The second kappa shape index (κ2) is 16.3. The SMILES string of the molecule is [CH]1[CH]CC(CNCCCNCCNCCCNCc2ccc(N=Nc3ccccc3)cc2)=C1. The van der Waals surface area contributed by atoms with Crippen molar-refractivity contribution in [1.29, 1.82) is 0 Å². The Hall–Kier alpha value is -2.38. The van der Waals surface area contributed by atoms with Crippen LogP contribution in [0.4, 0.5) is 11.4 Å². The highest BCUT2D eigenvalue weighted by Crippen LogP contribution is 2.18. The van der Waals surface area contributed by atoms with Gasteiger partial charge in [0.1, 0.15) is 0 Å². The van der Waals surface area contributed by atoms with E-state index in [1.54, 1.807) is 0 Å². The number of nitrogens with one attached hydrogen (secondary N) is 4. The summed E-state index contributed by atoms with van der Waals surface area (Å²) in [7, 11) is 0. The molecule has 0 saturated heterocycles. The summed E-state index contributed by atoms with van der Waals surface area (Å²) in [5.41, 5.74) is 4.49. The van der Waals surface area contributed by atoms with E-state index >= 15 is 0 Å². The summed E-state index contributed by atoms with van der Waals surface area (Å²) < 4.78 is 0. The van der Waals surface area contributed by atoms with Gasteiger partial charge in [0.2, 0.25) is 0 Å². The van der Waals surface area contributed by atoms with Gasteiger partial charge in [0.25, 0.3) is 0 Å². The quantitative estimate of drug-likeness (QED) is 0.214. The lowest BCUT2D eigenvalue weighted by Crippen LogP contribution is -2.31. The predicted molar refractivity (Wildman–Crippen MR) is 138 cm³/mol. The fourth-order valence-electron chi connectivity index (χ4n) is 3.50. The van der Waals surface area contributed by atoms with Crippen molar-refractivity contribution in [2.24, 2.45) is 10.2 Å². The molecule has 176 valence electrons. The Morgan fingerprint density at radius 2 is 1.21 bits per heavy atom. The first-order valence-electron chi connectivity index (χ1n) is 12.1. The van der Waals surface area contributed by atoms with Crippen LogP contribution in [-0.2, 0) is 6.54 Å². The Kier molecular flexibility index (Phi) is 12.4. The van der Waals surface area contributed by atoms with E-state index in [2.05, 4.69) is 62.5 Å². The molecule has 1 aliphatic rings. The number of nitrogens with zero attached hydrogens (tertiary/aromatic N) is 2. The predicted octanol–water partition coefficient (Wildman–Crippen LogP) is 4.48. The van der Waals surface area contributed by atoms with E-state index in [1.165, 1.54) is 17.6 Å². The molecule has 4 N–H and O–H groups in total. The summed E-state index contributed by atoms with van der Waals surface area (Å²) in [6.07, 6.45) is 9.97. The molecule has 2 aromatic rings. The summed E-state index contributed by atoms with van der Waals surface area (Å²) in [6.45, 7) is 8.13. The molecule has 0 amide bonds. The van der Waals surface area contributed by atoms with E-state index in [4.69, 9.17) is 0 Å². The van der Waals surface area contributed by atoms with Gasteiger partial charge < -0.3 is 21.3 Å². The number of hydrogen-bond donors (Lipinski definition) is 4. The molecule has 0 unspecified atom stereocenters. The van der Waals surface area contributed by atoms with Gasteiger partial charge in [-0.2, -0.15) is 10.2 Å². The van der Waals surface area contributed by atoms with Gasteiger partial charge in [-0.1, -0.05) is 42.0 Å². The van der Waals surface area contributed by atoms with E-state index in [0.29, 0.717) is 0 Å². The molecule has 0 bridgehead atoms. The molecule has 1 aliphatic carbocycles. The van der Waals surface area contributed by atoms with Gasteiger partial charge in [-0.3, -0.25) is 0 Å². The summed E-state index contributed by atoms with van der Waals surface area (Å²) in [5, 5.41) is 22.5. The lowest BCUT2D eigenvalue weighted by atomic mass is 10.2. The first kappa shape index (κ1) is 25.2. The standard InChI is InChI=1S/C27H38N6/c1-2-10-26(11-3-1)32-33-27-14-12-25(13-15-27)23-31-19-7-17-29-21-20-28-16-6-18-30-22-24-8-4-5-9-24/h1-5,8,10-15,28-31H,6-7,9,16-23H2. The van der Waals surface area contributed by atoms with Gasteiger partial charge in [-0.25, -0.2) is 0 Å². The van der Waals surface area contributed by atoms with E-state index in [-0.39, 0.29) is 0 Å². The third-order valence-electron chi connectivity index (χ3n) is 5.40. The second-order valence-corrected chi connectivity index (χ2v) is 8.22. The molecule has 0 fully saturated rings. The van der Waals surface area contributed by atoms with Crippen molar-refractivity contribution < 1.29 is 0 Å². The Morgan fingerprint density at radius 3 is 1.85 bits per heavy atom. The van der Waals surface area contributed by atoms with Crippen LogP contribution >= 0.6 is 0 Å². The largest absolute Gasteiger partial charge is 0.315 e. The van der Waals surface area contributed by atoms with Crippen LogP contribution in [0.3, 0.4) is 0 Å². The summed E-state index contributed by atoms with van der Waals surface area (Å²) >= 11 is 0. The highest BCUT2D eigenvalue weighted by atomic mass is 15.1. The molecule has 0 saturated carbocycles. The second-order valence-electron chi connectivity index (χ2n) is 8.22. The van der Waals surface area contributed by atoms with Gasteiger partial charge in [-0.15, -0.1) is 0 Å². The number of allylic oxidation sites excluding steroid dienone is 1. The topological polar surface area (TPSA) is 72.8 Å². The first-order chi connectivity index (χ1) is 16.4. The Balaban J connectivity index is 1.10. The van der Waals surface area contributed by atoms with Crippen molar-refractivity contribution in [2.75, 3.05) is 45.8 Å². The van der Waals surface area contributed by atoms with Crippen LogP contribution in [-0.4, -0.2) is 45.8 Å². The van der Waals surface area contributed by atoms with Crippen LogP contribution < -0.4 is 21.3 Å². The van der Waals surface area contributed by atoms with Crippen LogP contribution in [0.1, 0.15) is 24.8 Å². The zero-order chi connectivity index (χ0) is 22.8. The minimum atomic E-state index is 0.867. The number of azo groups is 1. The summed E-state index contributed by atoms with van der Waals surface area (Å²) in [6, 6.07) is 18.0. The van der Waals surface area contributed by atoms with Crippen LogP contribution in [0.25, 0.3) is 0 Å². The third kappa shape index (κ3) is 11.3. The Bertz CT molecular complexity index is 816. The zero-order valence-corrected chi connectivity index (χ0v) is 19.6. The maximum Gasteiger partial charge on any atom is 0.0857 e. The highest BCUT2D eigenvalue weighted by Gasteiger charge is 2.03. The Labute approximate surface area is 199 Å². The molecule has 3 rings (SSSR count). The van der Waals surface area contributed by atoms with E-state index in [0.717, 1.165) is 76.6 Å². The molecular weight excluding hydrogens is 408 g/mol. The van der Waals surface area contributed by atoms with Gasteiger partial charge in [-0.05, 0) is 88.1 Å². The maximum absolute atomic E-state index is 4.29. The molecule has 0 atom stereocenters. The lowest BCUT2D eigenvalue weighted by molar-refractivity contribution is 0.559. The molecule has 0 spiro atoms. The van der Waals surface area contributed by atoms with Crippen molar-refractivity contribution >= 4 is 11.4 Å². The molecule has 6 heteroatoms. The molecule has 6 nitrogen and oxygen atoms in total. The first-order valence-corrected chi connectivity index (χ1v) is 12.1. The molecule has 0 aliphatic heterocycles. The van der Waals surface area contributed by atoms with Crippen molar-refractivity contribution in [3.63, 3.8) is 0 Å². The lowest BCUT2D eigenvalue weighted by Gasteiger charge is -2.08. The average Bonchev–Trinajstić information content (AvgIpc) is 3.38. The number of rotatable bonds is 17. The molecule has 33 heavy (non-hydrogen) atoms. The summed E-state index contributed by atoms with van der Waals surface area (Å²) in [5.74, 6) is 0. The molecule has 0 aromatic heterocycles. The average molecular weight is 447 g/mol. The van der Waals surface area contributed by atoms with Gasteiger partial charge in [0, 0.05) is 26.2 Å². The summed E-state index contributed by atoms with van der Waals surface area (Å²) in [4.78, 5) is 0. The minimum absolute atomic E-state index is 0.867. The molecular formula is C27H38N6. The Morgan fingerprint density at radius 1 is 0.606 bits per heavy atom. The van der Waals surface area contributed by atoms with Gasteiger partial charge in [0.05, 0.1) is 11.4 Å². The van der Waals surface area contributed by atoms with Crippen LogP contribution in [0.15, 0.2) is 76.5 Å². The van der Waals surface area contributed by atoms with Crippen LogP contribution in [0.5, 0.6) is 0 Å². The molecule has 2 radical (unpaired) electrons. The monoisotopic (exact) mass is 446 g/mol. The van der Waals surface area contributed by atoms with Crippen molar-refractivity contribution in [1.82, 2.24) is 21.3 Å². The smallest absolute Gasteiger partial charge is 0.0857 e.